The van der Waals surface area contributed by atoms with Crippen molar-refractivity contribution in [1.82, 2.24) is 5.43 Å². The van der Waals surface area contributed by atoms with E-state index in [-0.39, 0.29) is 25.4 Å². The number of rotatable bonds is 12. The highest BCUT2D eigenvalue weighted by Crippen LogP contribution is 2.40. The van der Waals surface area contributed by atoms with Gasteiger partial charge in [-0.3, -0.25) is 4.79 Å². The maximum Gasteiger partial charge on any atom is 0.271 e. The van der Waals surface area contributed by atoms with Crippen molar-refractivity contribution in [3.8, 4) is 17.2 Å². The Morgan fingerprint density at radius 3 is 1.63 bits per heavy atom. The summed E-state index contributed by atoms with van der Waals surface area (Å²) in [4.78, 5) is 13.3. The average molecular weight is 612 g/mol. The minimum atomic E-state index is -0.468. The summed E-state index contributed by atoms with van der Waals surface area (Å²) in [5.41, 5.74) is 6.33. The zero-order chi connectivity index (χ0) is 29.9. The molecule has 0 bridgehead atoms. The van der Waals surface area contributed by atoms with Crippen molar-refractivity contribution in [2.24, 2.45) is 5.10 Å². The lowest BCUT2D eigenvalue weighted by molar-refractivity contribution is 0.0953. The zero-order valence-electron chi connectivity index (χ0n) is 23.1. The number of ether oxygens (including phenoxy) is 3. The third-order valence-corrected chi connectivity index (χ3v) is 6.88. The molecule has 1 N–H and O–H groups in total. The monoisotopic (exact) mass is 610 g/mol. The molecule has 216 valence electrons. The second-order valence-corrected chi connectivity index (χ2v) is 10.3. The number of nitrogens with one attached hydrogen (secondary N) is 1. The molecule has 8 heteroatoms. The van der Waals surface area contributed by atoms with Gasteiger partial charge in [-0.25, -0.2) is 5.43 Å². The molecule has 0 unspecified atom stereocenters. The second kappa shape index (κ2) is 14.9. The molecule has 1 amide bonds. The fourth-order valence-electron chi connectivity index (χ4n) is 4.10. The van der Waals surface area contributed by atoms with Crippen LogP contribution in [0.2, 0.25) is 10.0 Å². The van der Waals surface area contributed by atoms with Crippen LogP contribution < -0.4 is 19.6 Å². The van der Waals surface area contributed by atoms with Crippen molar-refractivity contribution in [2.75, 3.05) is 0 Å². The summed E-state index contributed by atoms with van der Waals surface area (Å²) in [6.45, 7) is 0.805. The highest BCUT2D eigenvalue weighted by molar-refractivity contribution is 6.36. The maximum atomic E-state index is 13.3. The highest BCUT2D eigenvalue weighted by atomic mass is 35.5. The zero-order valence-corrected chi connectivity index (χ0v) is 24.6. The first kappa shape index (κ1) is 29.7. The van der Waals surface area contributed by atoms with Crippen LogP contribution in [0, 0.1) is 0 Å². The summed E-state index contributed by atoms with van der Waals surface area (Å²) >= 11 is 12.2. The number of carbonyl (C=O) groups is 1. The molecule has 0 spiro atoms. The van der Waals surface area contributed by atoms with Gasteiger partial charge in [-0.05, 0) is 41.0 Å². The number of hydrazone groups is 1. The lowest BCUT2D eigenvalue weighted by Gasteiger charge is -2.19. The molecule has 5 rings (SSSR count). The molecule has 0 aromatic heterocycles. The summed E-state index contributed by atoms with van der Waals surface area (Å²) in [5, 5.41) is 5.01. The third kappa shape index (κ3) is 8.61. The minimum Gasteiger partial charge on any atom is -0.485 e. The largest absolute Gasteiger partial charge is 0.485 e. The molecule has 0 heterocycles. The molecule has 0 saturated carbocycles. The Morgan fingerprint density at radius 2 is 1.14 bits per heavy atom. The van der Waals surface area contributed by atoms with Crippen LogP contribution in [0.5, 0.6) is 17.2 Å². The van der Waals surface area contributed by atoms with E-state index in [0.29, 0.717) is 32.9 Å². The molecule has 0 aliphatic rings. The Balaban J connectivity index is 1.45. The van der Waals surface area contributed by atoms with Crippen LogP contribution in [0.4, 0.5) is 0 Å². The van der Waals surface area contributed by atoms with Crippen molar-refractivity contribution in [1.29, 1.82) is 0 Å². The van der Waals surface area contributed by atoms with Gasteiger partial charge in [-0.2, -0.15) is 5.10 Å². The number of hydrogen-bond acceptors (Lipinski definition) is 5. The molecule has 0 saturated heterocycles. The predicted octanol–water partition coefficient (Wildman–Crippen LogP) is 8.49. The van der Waals surface area contributed by atoms with Crippen molar-refractivity contribution < 1.29 is 19.0 Å². The van der Waals surface area contributed by atoms with Crippen molar-refractivity contribution in [2.45, 2.75) is 19.8 Å². The fraction of sp³-hybridized carbons (Fsp3) is 0.0857. The van der Waals surface area contributed by atoms with Gasteiger partial charge in [-0.1, -0.05) is 120 Å². The van der Waals surface area contributed by atoms with E-state index in [1.807, 2.05) is 91.0 Å². The number of hydrogen-bond donors (Lipinski definition) is 1. The molecule has 43 heavy (non-hydrogen) atoms. The molecular formula is C35H28Cl2N2O4. The Hall–Kier alpha value is -4.78. The summed E-state index contributed by atoms with van der Waals surface area (Å²) in [6.07, 6.45) is 1.45. The van der Waals surface area contributed by atoms with Gasteiger partial charge in [0.05, 0.1) is 11.2 Å². The summed E-state index contributed by atoms with van der Waals surface area (Å²) in [7, 11) is 0. The smallest absolute Gasteiger partial charge is 0.271 e. The topological polar surface area (TPSA) is 69.2 Å². The number of carbonyl (C=O) groups excluding carboxylic acids is 1. The SMILES string of the molecule is O=C(NN=Cc1ccc(Cl)cc1Cl)c1cc(OCc2ccccc2)c(OCc2ccccc2)c(OCc2ccccc2)c1. The second-order valence-electron chi connectivity index (χ2n) is 9.49. The first-order chi connectivity index (χ1) is 21.0. The number of nitrogens with zero attached hydrogens (tertiary/aromatic N) is 1. The lowest BCUT2D eigenvalue weighted by atomic mass is 10.1. The van der Waals surface area contributed by atoms with Gasteiger partial charge in [0.15, 0.2) is 11.5 Å². The van der Waals surface area contributed by atoms with Crippen LogP contribution in [0.25, 0.3) is 0 Å². The Morgan fingerprint density at radius 1 is 0.651 bits per heavy atom. The maximum absolute atomic E-state index is 13.3. The first-order valence-electron chi connectivity index (χ1n) is 13.5. The molecule has 5 aromatic rings. The van der Waals surface area contributed by atoms with Crippen LogP contribution in [-0.2, 0) is 19.8 Å². The summed E-state index contributed by atoms with van der Waals surface area (Å²) < 4.78 is 18.8. The lowest BCUT2D eigenvalue weighted by Crippen LogP contribution is -2.18. The third-order valence-electron chi connectivity index (χ3n) is 6.32. The van der Waals surface area contributed by atoms with E-state index in [4.69, 9.17) is 37.4 Å². The number of amides is 1. The summed E-state index contributed by atoms with van der Waals surface area (Å²) in [5.74, 6) is 0.647. The minimum absolute atomic E-state index is 0.263. The Bertz CT molecular complexity index is 1620. The fourth-order valence-corrected chi connectivity index (χ4v) is 4.55. The predicted molar refractivity (Wildman–Crippen MR) is 170 cm³/mol. The van der Waals surface area contributed by atoms with Gasteiger partial charge < -0.3 is 14.2 Å². The number of halogens is 2. The van der Waals surface area contributed by atoms with Crippen LogP contribution in [-0.4, -0.2) is 12.1 Å². The standard InChI is InChI=1S/C35H28Cl2N2O4/c36-30-17-16-28(31(37)20-30)21-38-39-35(40)29-18-32(41-22-25-10-4-1-5-11-25)34(43-24-27-14-8-3-9-15-27)33(19-29)42-23-26-12-6-2-7-13-26/h1-21H,22-24H2,(H,39,40). The molecule has 6 nitrogen and oxygen atoms in total. The van der Waals surface area contributed by atoms with Gasteiger partial charge in [0.25, 0.3) is 5.91 Å². The average Bonchev–Trinajstić information content (AvgIpc) is 3.04. The van der Waals surface area contributed by atoms with Crippen molar-refractivity contribution in [3.63, 3.8) is 0 Å². The molecule has 0 aliphatic heterocycles. The molecule has 0 radical (unpaired) electrons. The Kier molecular flexibility index (Phi) is 10.3. The van der Waals surface area contributed by atoms with E-state index in [0.717, 1.165) is 16.7 Å². The molecule has 0 aliphatic carbocycles. The molecule has 0 atom stereocenters. The number of benzene rings is 5. The van der Waals surface area contributed by atoms with E-state index < -0.39 is 5.91 Å². The molecular weight excluding hydrogens is 583 g/mol. The van der Waals surface area contributed by atoms with Crippen LogP contribution in [0.1, 0.15) is 32.6 Å². The Labute approximate surface area is 260 Å². The van der Waals surface area contributed by atoms with E-state index in [1.54, 1.807) is 30.3 Å². The van der Waals surface area contributed by atoms with Gasteiger partial charge >= 0.3 is 0 Å². The first-order valence-corrected chi connectivity index (χ1v) is 14.3. The van der Waals surface area contributed by atoms with Gasteiger partial charge in [0.2, 0.25) is 5.75 Å². The van der Waals surface area contributed by atoms with Crippen LogP contribution in [0.3, 0.4) is 0 Å². The normalized spacial score (nSPS) is 10.8. The van der Waals surface area contributed by atoms with Gasteiger partial charge in [0, 0.05) is 16.1 Å². The van der Waals surface area contributed by atoms with Gasteiger partial charge in [-0.15, -0.1) is 0 Å². The van der Waals surface area contributed by atoms with E-state index in [9.17, 15) is 4.79 Å². The van der Waals surface area contributed by atoms with Crippen LogP contribution >= 0.6 is 23.2 Å². The summed E-state index contributed by atoms with van der Waals surface area (Å²) in [6, 6.07) is 37.5. The van der Waals surface area contributed by atoms with Crippen LogP contribution in [0.15, 0.2) is 126 Å². The molecule has 5 aromatic carbocycles. The molecule has 0 fully saturated rings. The quantitative estimate of drug-likeness (QED) is 0.114. The van der Waals surface area contributed by atoms with E-state index in [1.165, 1.54) is 6.21 Å². The van der Waals surface area contributed by atoms with Gasteiger partial charge in [0.1, 0.15) is 19.8 Å². The van der Waals surface area contributed by atoms with Crippen molar-refractivity contribution in [3.05, 3.63) is 159 Å². The van der Waals surface area contributed by atoms with E-state index >= 15 is 0 Å². The highest BCUT2D eigenvalue weighted by Gasteiger charge is 2.20. The van der Waals surface area contributed by atoms with E-state index in [2.05, 4.69) is 10.5 Å². The van der Waals surface area contributed by atoms with Crippen molar-refractivity contribution >= 4 is 35.3 Å².